The highest BCUT2D eigenvalue weighted by Gasteiger charge is 2.07. The maximum absolute atomic E-state index is 4.29. The molecule has 2 aromatic heterocycles. The summed E-state index contributed by atoms with van der Waals surface area (Å²) in [6.07, 6.45) is 1.63. The minimum absolute atomic E-state index is 0.899. The highest BCUT2D eigenvalue weighted by molar-refractivity contribution is 7.18. The van der Waals surface area contributed by atoms with Gasteiger partial charge in [0, 0.05) is 13.1 Å². The van der Waals surface area contributed by atoms with Gasteiger partial charge >= 0.3 is 0 Å². The van der Waals surface area contributed by atoms with E-state index in [0.717, 1.165) is 29.1 Å². The lowest BCUT2D eigenvalue weighted by Gasteiger charge is -2.10. The molecule has 86 valence electrons. The number of rotatable bonds is 4. The molecule has 5 heteroatoms. The van der Waals surface area contributed by atoms with Crippen molar-refractivity contribution in [2.75, 3.05) is 32.5 Å². The first-order chi connectivity index (χ1) is 7.68. The Bertz CT molecular complexity index is 478. The number of nitrogens with zero attached hydrogens (tertiary/aromatic N) is 3. The zero-order valence-corrected chi connectivity index (χ0v) is 10.6. The van der Waals surface area contributed by atoms with Gasteiger partial charge in [-0.2, -0.15) is 0 Å². The Morgan fingerprint density at radius 2 is 2.19 bits per heavy atom. The van der Waals surface area contributed by atoms with Crippen LogP contribution in [-0.4, -0.2) is 42.1 Å². The van der Waals surface area contributed by atoms with Crippen molar-refractivity contribution in [2.24, 2.45) is 0 Å². The lowest BCUT2D eigenvalue weighted by Crippen LogP contribution is -2.21. The van der Waals surface area contributed by atoms with Gasteiger partial charge in [0.25, 0.3) is 0 Å². The first-order valence-corrected chi connectivity index (χ1v) is 6.14. The van der Waals surface area contributed by atoms with E-state index in [0.29, 0.717) is 0 Å². The van der Waals surface area contributed by atoms with E-state index in [-0.39, 0.29) is 0 Å². The predicted octanol–water partition coefficient (Wildman–Crippen LogP) is 1.97. The lowest BCUT2D eigenvalue weighted by molar-refractivity contribution is 0.425. The van der Waals surface area contributed by atoms with Crippen LogP contribution in [0, 0.1) is 6.92 Å². The maximum Gasteiger partial charge on any atom is 0.147 e. The number of fused-ring (bicyclic) bond motifs is 1. The highest BCUT2D eigenvalue weighted by atomic mass is 32.1. The molecule has 0 aliphatic carbocycles. The molecule has 0 saturated carbocycles. The van der Waals surface area contributed by atoms with Crippen molar-refractivity contribution in [2.45, 2.75) is 6.92 Å². The van der Waals surface area contributed by atoms with E-state index < -0.39 is 0 Å². The summed E-state index contributed by atoms with van der Waals surface area (Å²) in [6.45, 7) is 3.97. The molecule has 0 aliphatic rings. The first kappa shape index (κ1) is 11.3. The molecule has 0 radical (unpaired) electrons. The molecule has 0 aromatic carbocycles. The number of hydrogen-bond donors (Lipinski definition) is 1. The van der Waals surface area contributed by atoms with Gasteiger partial charge < -0.3 is 10.2 Å². The summed E-state index contributed by atoms with van der Waals surface area (Å²) in [4.78, 5) is 10.7. The van der Waals surface area contributed by atoms with E-state index in [1.807, 2.05) is 0 Å². The monoisotopic (exact) mass is 236 g/mol. The normalized spacial score (nSPS) is 11.2. The van der Waals surface area contributed by atoms with Crippen LogP contribution in [0.1, 0.15) is 5.56 Å². The first-order valence-electron chi connectivity index (χ1n) is 5.26. The largest absolute Gasteiger partial charge is 0.367 e. The Labute approximate surface area is 99.3 Å². The van der Waals surface area contributed by atoms with Crippen LogP contribution in [0.3, 0.4) is 0 Å². The number of aromatic nitrogens is 2. The average molecular weight is 236 g/mol. The quantitative estimate of drug-likeness (QED) is 0.881. The maximum atomic E-state index is 4.29. The van der Waals surface area contributed by atoms with Gasteiger partial charge in [-0.1, -0.05) is 0 Å². The van der Waals surface area contributed by atoms with Crippen molar-refractivity contribution in [1.82, 2.24) is 14.9 Å². The Kier molecular flexibility index (Phi) is 3.36. The average Bonchev–Trinajstić information content (AvgIpc) is 2.61. The van der Waals surface area contributed by atoms with Crippen molar-refractivity contribution in [3.63, 3.8) is 0 Å². The second-order valence-electron chi connectivity index (χ2n) is 4.05. The zero-order valence-electron chi connectivity index (χ0n) is 9.82. The van der Waals surface area contributed by atoms with Gasteiger partial charge in [0.2, 0.25) is 0 Å². The Morgan fingerprint density at radius 3 is 2.94 bits per heavy atom. The summed E-state index contributed by atoms with van der Waals surface area (Å²) in [5.41, 5.74) is 2.28. The molecule has 0 aliphatic heterocycles. The minimum atomic E-state index is 0.899. The predicted molar refractivity (Wildman–Crippen MR) is 69.2 cm³/mol. The molecule has 0 saturated heterocycles. The fourth-order valence-electron chi connectivity index (χ4n) is 1.49. The molecular weight excluding hydrogens is 220 g/mol. The van der Waals surface area contributed by atoms with Crippen LogP contribution in [0.5, 0.6) is 0 Å². The number of anilines is 1. The smallest absolute Gasteiger partial charge is 0.147 e. The molecule has 0 fully saturated rings. The van der Waals surface area contributed by atoms with Crippen LogP contribution in [0.4, 0.5) is 5.82 Å². The third kappa shape index (κ3) is 2.31. The van der Waals surface area contributed by atoms with E-state index in [1.165, 1.54) is 5.56 Å². The SMILES string of the molecule is Cc1csc2c(NCCN(C)C)ncnc12. The summed E-state index contributed by atoms with van der Waals surface area (Å²) in [5.74, 6) is 0.949. The fraction of sp³-hybridized carbons (Fsp3) is 0.455. The topological polar surface area (TPSA) is 41.0 Å². The molecule has 0 spiro atoms. The van der Waals surface area contributed by atoms with E-state index in [2.05, 4.69) is 46.6 Å². The lowest BCUT2D eigenvalue weighted by atomic mass is 10.3. The number of thiophene rings is 1. The zero-order chi connectivity index (χ0) is 11.5. The molecule has 4 nitrogen and oxygen atoms in total. The van der Waals surface area contributed by atoms with Crippen LogP contribution in [0.2, 0.25) is 0 Å². The van der Waals surface area contributed by atoms with Crippen LogP contribution in [0.25, 0.3) is 10.2 Å². The molecule has 2 aromatic rings. The van der Waals surface area contributed by atoms with Gasteiger partial charge in [-0.3, -0.25) is 0 Å². The molecule has 2 heterocycles. The molecule has 1 N–H and O–H groups in total. The van der Waals surface area contributed by atoms with E-state index in [1.54, 1.807) is 17.7 Å². The highest BCUT2D eigenvalue weighted by Crippen LogP contribution is 2.28. The molecule has 0 bridgehead atoms. The van der Waals surface area contributed by atoms with Gasteiger partial charge in [0.15, 0.2) is 0 Å². The summed E-state index contributed by atoms with van der Waals surface area (Å²) in [5, 5.41) is 5.47. The summed E-state index contributed by atoms with van der Waals surface area (Å²) >= 11 is 1.70. The van der Waals surface area contributed by atoms with Crippen LogP contribution in [0.15, 0.2) is 11.7 Å². The number of nitrogens with one attached hydrogen (secondary N) is 1. The minimum Gasteiger partial charge on any atom is -0.367 e. The second-order valence-corrected chi connectivity index (χ2v) is 4.93. The number of hydrogen-bond acceptors (Lipinski definition) is 5. The van der Waals surface area contributed by atoms with E-state index in [9.17, 15) is 0 Å². The van der Waals surface area contributed by atoms with Gasteiger partial charge in [-0.25, -0.2) is 9.97 Å². The Balaban J connectivity index is 2.17. The van der Waals surface area contributed by atoms with E-state index >= 15 is 0 Å². The summed E-state index contributed by atoms with van der Waals surface area (Å²) < 4.78 is 1.15. The van der Waals surface area contributed by atoms with Crippen molar-refractivity contribution in [3.05, 3.63) is 17.3 Å². The molecule has 0 atom stereocenters. The summed E-state index contributed by atoms with van der Waals surface area (Å²) in [6, 6.07) is 0. The van der Waals surface area contributed by atoms with Crippen molar-refractivity contribution >= 4 is 27.4 Å². The van der Waals surface area contributed by atoms with Gasteiger partial charge in [0.1, 0.15) is 12.1 Å². The number of aryl methyl sites for hydroxylation is 1. The Morgan fingerprint density at radius 1 is 1.38 bits per heavy atom. The van der Waals surface area contributed by atoms with Gasteiger partial charge in [-0.15, -0.1) is 11.3 Å². The van der Waals surface area contributed by atoms with Gasteiger partial charge in [-0.05, 0) is 32.0 Å². The number of likely N-dealkylation sites (N-methyl/N-ethyl adjacent to an activating group) is 1. The molecule has 0 unspecified atom stereocenters. The molecule has 0 amide bonds. The second kappa shape index (κ2) is 4.76. The summed E-state index contributed by atoms with van der Waals surface area (Å²) in [7, 11) is 4.12. The molecular formula is C11H16N4S. The van der Waals surface area contributed by atoms with E-state index in [4.69, 9.17) is 0 Å². The third-order valence-corrected chi connectivity index (χ3v) is 3.48. The fourth-order valence-corrected chi connectivity index (χ4v) is 2.46. The Hall–Kier alpha value is -1.20. The van der Waals surface area contributed by atoms with Gasteiger partial charge in [0.05, 0.1) is 10.2 Å². The van der Waals surface area contributed by atoms with Crippen LogP contribution in [-0.2, 0) is 0 Å². The van der Waals surface area contributed by atoms with Crippen molar-refractivity contribution in [3.8, 4) is 0 Å². The van der Waals surface area contributed by atoms with Crippen molar-refractivity contribution in [1.29, 1.82) is 0 Å². The molecule has 2 rings (SSSR count). The van der Waals surface area contributed by atoms with Crippen LogP contribution < -0.4 is 5.32 Å². The van der Waals surface area contributed by atoms with Crippen molar-refractivity contribution < 1.29 is 0 Å². The third-order valence-electron chi connectivity index (χ3n) is 2.38. The standard InChI is InChI=1S/C11H16N4S/c1-8-6-16-10-9(8)13-7-14-11(10)12-4-5-15(2)3/h6-7H,4-5H2,1-3H3,(H,12,13,14). The molecule has 16 heavy (non-hydrogen) atoms. The van der Waals surface area contributed by atoms with Crippen LogP contribution >= 0.6 is 11.3 Å².